The van der Waals surface area contributed by atoms with Gasteiger partial charge in [-0.1, -0.05) is 24.3 Å². The van der Waals surface area contributed by atoms with Gasteiger partial charge >= 0.3 is 0 Å². The predicted molar refractivity (Wildman–Crippen MR) is 54.6 cm³/mol. The quantitative estimate of drug-likeness (QED) is 0.651. The van der Waals surface area contributed by atoms with Crippen LogP contribution in [0.2, 0.25) is 0 Å². The summed E-state index contributed by atoms with van der Waals surface area (Å²) in [6, 6.07) is 11.8. The van der Waals surface area contributed by atoms with Crippen molar-refractivity contribution in [3.8, 4) is 0 Å². The molecular weight excluding hydrogens is 249 g/mol. The average Bonchev–Trinajstić information content (AvgIpc) is 2.03. The number of nitrogens with zero attached hydrogens (tertiary/aromatic N) is 1. The summed E-state index contributed by atoms with van der Waals surface area (Å²) in [5, 5.41) is 0. The zero-order valence-corrected chi connectivity index (χ0v) is 8.10. The van der Waals surface area contributed by atoms with E-state index in [1.165, 1.54) is 0 Å². The van der Waals surface area contributed by atoms with Crippen LogP contribution in [0.4, 0.5) is 0 Å². The number of hydrogen-bond donors (Lipinski definition) is 0. The van der Waals surface area contributed by atoms with Crippen LogP contribution in [0, 0.1) is 3.57 Å². The van der Waals surface area contributed by atoms with Crippen molar-refractivity contribution in [2.45, 2.75) is 0 Å². The van der Waals surface area contributed by atoms with E-state index in [9.17, 15) is 0 Å². The lowest BCUT2D eigenvalue weighted by Crippen LogP contribution is -1.64. The van der Waals surface area contributed by atoms with Crippen LogP contribution in [0.15, 0.2) is 48.8 Å². The fourth-order valence-electron chi connectivity index (χ4n) is 0.597. The van der Waals surface area contributed by atoms with Crippen molar-refractivity contribution in [3.05, 3.63) is 52.4 Å². The highest BCUT2D eigenvalue weighted by molar-refractivity contribution is 14.1. The molecule has 0 aliphatic carbocycles. The number of aromatic nitrogens is 1. The van der Waals surface area contributed by atoms with Gasteiger partial charge in [0.1, 0.15) is 0 Å². The van der Waals surface area contributed by atoms with Crippen molar-refractivity contribution in [1.82, 2.24) is 4.98 Å². The lowest BCUT2D eigenvalue weighted by molar-refractivity contribution is 1.34. The number of halogens is 1. The van der Waals surface area contributed by atoms with E-state index in [2.05, 4.69) is 27.6 Å². The standard InChI is InChI=1S/C9H8IN/c10-9-6-4-2-1-3-5-7-11-8-9/h1-8H. The molecule has 0 bridgehead atoms. The summed E-state index contributed by atoms with van der Waals surface area (Å²) in [7, 11) is 0. The van der Waals surface area contributed by atoms with E-state index in [-0.39, 0.29) is 0 Å². The minimum atomic E-state index is 1.12. The molecule has 0 atom stereocenters. The van der Waals surface area contributed by atoms with Crippen molar-refractivity contribution in [1.29, 1.82) is 0 Å². The van der Waals surface area contributed by atoms with Gasteiger partial charge in [0.2, 0.25) is 0 Å². The third-order valence-electron chi connectivity index (χ3n) is 1.07. The molecule has 0 radical (unpaired) electrons. The molecule has 1 aromatic rings. The second-order valence-corrected chi connectivity index (χ2v) is 3.19. The maximum Gasteiger partial charge on any atom is 0.0401 e. The maximum absolute atomic E-state index is 4.05. The van der Waals surface area contributed by atoms with E-state index in [0.29, 0.717) is 0 Å². The third-order valence-corrected chi connectivity index (χ3v) is 1.71. The normalized spacial score (nSPS) is 8.45. The first kappa shape index (κ1) is 8.46. The first-order chi connectivity index (χ1) is 5.39. The summed E-state index contributed by atoms with van der Waals surface area (Å²) in [6.07, 6.45) is 3.59. The Morgan fingerprint density at radius 1 is 1.00 bits per heavy atom. The molecular formula is C9H8IN. The fourth-order valence-corrected chi connectivity index (χ4v) is 0.965. The van der Waals surface area contributed by atoms with Gasteiger partial charge in [0.15, 0.2) is 0 Å². The highest BCUT2D eigenvalue weighted by Crippen LogP contribution is 1.96. The molecule has 0 aliphatic rings. The Hall–Kier alpha value is -0.640. The van der Waals surface area contributed by atoms with Crippen molar-refractivity contribution < 1.29 is 0 Å². The highest BCUT2D eigenvalue weighted by Gasteiger charge is 1.72. The van der Waals surface area contributed by atoms with E-state index >= 15 is 0 Å². The lowest BCUT2D eigenvalue weighted by atomic mass is 10.4. The topological polar surface area (TPSA) is 12.9 Å². The van der Waals surface area contributed by atoms with Crippen LogP contribution >= 0.6 is 22.6 Å². The molecule has 11 heavy (non-hydrogen) atoms. The Balaban J connectivity index is 3.11. The summed E-state index contributed by atoms with van der Waals surface area (Å²) in [5.74, 6) is 0. The third kappa shape index (κ3) is 3.93. The molecule has 0 saturated heterocycles. The number of rotatable bonds is 0. The first-order valence-electron chi connectivity index (χ1n) is 3.28. The van der Waals surface area contributed by atoms with Gasteiger partial charge in [-0.2, -0.15) is 0 Å². The Labute approximate surface area is 80.0 Å². The van der Waals surface area contributed by atoms with Crippen LogP contribution in [-0.4, -0.2) is 4.98 Å². The van der Waals surface area contributed by atoms with Gasteiger partial charge in [-0.05, 0) is 34.7 Å². The van der Waals surface area contributed by atoms with Gasteiger partial charge in [0.05, 0.1) is 0 Å². The molecule has 0 fully saturated rings. The summed E-state index contributed by atoms with van der Waals surface area (Å²) in [6.45, 7) is 0. The van der Waals surface area contributed by atoms with Gasteiger partial charge in [-0.3, -0.25) is 4.98 Å². The zero-order valence-electron chi connectivity index (χ0n) is 5.94. The van der Waals surface area contributed by atoms with Gasteiger partial charge in [-0.25, -0.2) is 0 Å². The van der Waals surface area contributed by atoms with E-state index in [4.69, 9.17) is 0 Å². The fraction of sp³-hybridized carbons (Fsp3) is 0. The maximum atomic E-state index is 4.05. The molecule has 1 aromatic heterocycles. The van der Waals surface area contributed by atoms with Gasteiger partial charge in [-0.15, -0.1) is 0 Å². The second kappa shape index (κ2) is 5.07. The van der Waals surface area contributed by atoms with E-state index < -0.39 is 0 Å². The summed E-state index contributed by atoms with van der Waals surface area (Å²) >= 11 is 2.23. The number of hydrogen-bond acceptors (Lipinski definition) is 1. The molecule has 0 N–H and O–H groups in total. The van der Waals surface area contributed by atoms with Crippen molar-refractivity contribution in [2.75, 3.05) is 0 Å². The zero-order chi connectivity index (χ0) is 7.94. The van der Waals surface area contributed by atoms with E-state index in [1.807, 2.05) is 42.6 Å². The predicted octanol–water partition coefficient (Wildman–Crippen LogP) is 2.81. The van der Waals surface area contributed by atoms with Crippen LogP contribution < -0.4 is 0 Å². The van der Waals surface area contributed by atoms with E-state index in [1.54, 1.807) is 6.20 Å². The first-order valence-corrected chi connectivity index (χ1v) is 4.36. The monoisotopic (exact) mass is 257 g/mol. The van der Waals surface area contributed by atoms with Crippen LogP contribution in [0.1, 0.15) is 0 Å². The Morgan fingerprint density at radius 2 is 1.73 bits per heavy atom. The SMILES string of the molecule is Ic1cccccccnc1. The van der Waals surface area contributed by atoms with Gasteiger partial charge in [0, 0.05) is 16.0 Å². The van der Waals surface area contributed by atoms with Gasteiger partial charge < -0.3 is 0 Å². The Bertz CT molecular complexity index is 247. The second-order valence-electron chi connectivity index (χ2n) is 1.94. The molecule has 0 amide bonds. The lowest BCUT2D eigenvalue weighted by Gasteiger charge is -1.77. The smallest absolute Gasteiger partial charge is 0.0401 e. The summed E-state index contributed by atoms with van der Waals surface area (Å²) < 4.78 is 1.12. The van der Waals surface area contributed by atoms with Crippen molar-refractivity contribution >= 4 is 22.6 Å². The Morgan fingerprint density at radius 3 is 2.64 bits per heavy atom. The Kier molecular flexibility index (Phi) is 3.90. The van der Waals surface area contributed by atoms with E-state index in [0.717, 1.165) is 3.57 Å². The average molecular weight is 257 g/mol. The summed E-state index contributed by atoms with van der Waals surface area (Å²) in [5.41, 5.74) is 0. The van der Waals surface area contributed by atoms with Crippen LogP contribution in [-0.2, 0) is 0 Å². The summed E-state index contributed by atoms with van der Waals surface area (Å²) in [4.78, 5) is 4.05. The molecule has 1 nitrogen and oxygen atoms in total. The van der Waals surface area contributed by atoms with Crippen LogP contribution in [0.3, 0.4) is 0 Å². The highest BCUT2D eigenvalue weighted by atomic mass is 127. The van der Waals surface area contributed by atoms with Crippen molar-refractivity contribution in [2.24, 2.45) is 0 Å². The molecule has 2 heteroatoms. The molecule has 0 aliphatic heterocycles. The van der Waals surface area contributed by atoms with Crippen molar-refractivity contribution in [3.63, 3.8) is 0 Å². The molecule has 0 spiro atoms. The molecule has 1 heterocycles. The van der Waals surface area contributed by atoms with Crippen LogP contribution in [0.5, 0.6) is 0 Å². The molecule has 1 rings (SSSR count). The molecule has 0 saturated carbocycles. The molecule has 0 aromatic carbocycles. The minimum Gasteiger partial charge on any atom is -0.264 e. The largest absolute Gasteiger partial charge is 0.264 e. The molecule has 56 valence electrons. The minimum absolute atomic E-state index is 1.12. The molecule has 0 unspecified atom stereocenters. The van der Waals surface area contributed by atoms with Gasteiger partial charge in [0.25, 0.3) is 0 Å². The van der Waals surface area contributed by atoms with Crippen LogP contribution in [0.25, 0.3) is 0 Å².